The molecule has 1 aromatic heterocycles. The number of benzene rings is 1. The van der Waals surface area contributed by atoms with Crippen LogP contribution in [0.2, 0.25) is 5.02 Å². The van der Waals surface area contributed by atoms with Crippen molar-refractivity contribution < 1.29 is 8.91 Å². The summed E-state index contributed by atoms with van der Waals surface area (Å²) in [6, 6.07) is 4.73. The van der Waals surface area contributed by atoms with E-state index in [0.717, 1.165) is 18.7 Å². The number of aryl methyl sites for hydroxylation is 1. The van der Waals surface area contributed by atoms with E-state index in [1.54, 1.807) is 13.0 Å². The quantitative estimate of drug-likeness (QED) is 0.848. The highest BCUT2D eigenvalue weighted by atomic mass is 35.5. The Morgan fingerprint density at radius 1 is 1.46 bits per heavy atom. The van der Waals surface area contributed by atoms with Crippen LogP contribution < -0.4 is 0 Å². The van der Waals surface area contributed by atoms with E-state index in [9.17, 15) is 4.39 Å². The third-order valence-corrected chi connectivity index (χ3v) is 4.67. The SMILES string of the molecule is Cc1noc([C@H]2CN(Cc3ccc(F)c(C#N)c3Cl)CCN2C)n1. The second kappa shape index (κ2) is 6.85. The molecule has 1 aliphatic rings. The van der Waals surface area contributed by atoms with Gasteiger partial charge in [-0.2, -0.15) is 10.2 Å². The van der Waals surface area contributed by atoms with Crippen LogP contribution in [0.15, 0.2) is 16.7 Å². The number of hydrogen-bond donors (Lipinski definition) is 0. The highest BCUT2D eigenvalue weighted by Gasteiger charge is 2.30. The Kier molecular flexibility index (Phi) is 4.81. The number of nitriles is 1. The van der Waals surface area contributed by atoms with Gasteiger partial charge < -0.3 is 4.52 Å². The van der Waals surface area contributed by atoms with Crippen LogP contribution >= 0.6 is 11.6 Å². The van der Waals surface area contributed by atoms with Crippen molar-refractivity contribution in [1.82, 2.24) is 19.9 Å². The molecule has 0 radical (unpaired) electrons. The number of likely N-dealkylation sites (N-methyl/N-ethyl adjacent to an activating group) is 1. The van der Waals surface area contributed by atoms with Crippen molar-refractivity contribution in [3.63, 3.8) is 0 Å². The minimum Gasteiger partial charge on any atom is -0.338 e. The van der Waals surface area contributed by atoms with Gasteiger partial charge in [0.1, 0.15) is 23.5 Å². The summed E-state index contributed by atoms with van der Waals surface area (Å²) < 4.78 is 18.9. The zero-order valence-electron chi connectivity index (χ0n) is 13.5. The van der Waals surface area contributed by atoms with Gasteiger partial charge in [-0.25, -0.2) is 4.39 Å². The standard InChI is InChI=1S/C16H17ClFN5O/c1-10-20-16(24-21-10)14-9-23(6-5-22(14)2)8-11-3-4-13(18)12(7-19)15(11)17/h3-4,14H,5-6,8-9H2,1-2H3/t14-/m1/s1. The first-order valence-electron chi connectivity index (χ1n) is 7.59. The average Bonchev–Trinajstić information content (AvgIpc) is 2.98. The maximum atomic E-state index is 13.6. The zero-order valence-corrected chi connectivity index (χ0v) is 14.2. The number of nitrogens with zero attached hydrogens (tertiary/aromatic N) is 5. The lowest BCUT2D eigenvalue weighted by molar-refractivity contribution is 0.0714. The molecule has 0 saturated carbocycles. The fourth-order valence-corrected chi connectivity index (χ4v) is 3.11. The lowest BCUT2D eigenvalue weighted by Gasteiger charge is -2.37. The van der Waals surface area contributed by atoms with Gasteiger partial charge in [0.2, 0.25) is 5.89 Å². The van der Waals surface area contributed by atoms with Crippen LogP contribution in [-0.4, -0.2) is 46.6 Å². The minimum absolute atomic E-state index is 0.00499. The summed E-state index contributed by atoms with van der Waals surface area (Å²) in [5, 5.41) is 13.1. The minimum atomic E-state index is -0.594. The molecular formula is C16H17ClFN5O. The summed E-state index contributed by atoms with van der Waals surface area (Å²) in [6.07, 6.45) is 0. The fourth-order valence-electron chi connectivity index (χ4n) is 2.85. The van der Waals surface area contributed by atoms with Crippen molar-refractivity contribution in [3.8, 4) is 6.07 Å². The van der Waals surface area contributed by atoms with Gasteiger partial charge in [-0.3, -0.25) is 9.80 Å². The van der Waals surface area contributed by atoms with Crippen molar-refractivity contribution in [1.29, 1.82) is 5.26 Å². The normalized spacial score (nSPS) is 19.4. The molecule has 126 valence electrons. The third kappa shape index (κ3) is 3.26. The number of halogens is 2. The average molecular weight is 350 g/mol. The van der Waals surface area contributed by atoms with Crippen LogP contribution in [0.3, 0.4) is 0 Å². The molecule has 2 aromatic rings. The second-order valence-corrected chi connectivity index (χ2v) is 6.30. The van der Waals surface area contributed by atoms with Crippen molar-refractivity contribution in [2.75, 3.05) is 26.7 Å². The van der Waals surface area contributed by atoms with Gasteiger partial charge in [-0.05, 0) is 25.6 Å². The highest BCUT2D eigenvalue weighted by Crippen LogP contribution is 2.28. The Balaban J connectivity index is 1.78. The molecule has 2 heterocycles. The largest absolute Gasteiger partial charge is 0.338 e. The van der Waals surface area contributed by atoms with Crippen LogP contribution in [0, 0.1) is 24.1 Å². The van der Waals surface area contributed by atoms with E-state index in [4.69, 9.17) is 21.4 Å². The Labute approximate surface area is 144 Å². The molecular weight excluding hydrogens is 333 g/mol. The van der Waals surface area contributed by atoms with Gasteiger partial charge in [0.05, 0.1) is 5.02 Å². The second-order valence-electron chi connectivity index (χ2n) is 5.92. The summed E-state index contributed by atoms with van der Waals surface area (Å²) >= 11 is 6.18. The summed E-state index contributed by atoms with van der Waals surface area (Å²) in [6.45, 7) is 4.67. The lowest BCUT2D eigenvalue weighted by atomic mass is 10.1. The Bertz CT molecular complexity index is 787. The Hall–Kier alpha value is -2.01. The predicted molar refractivity (Wildman–Crippen MR) is 85.8 cm³/mol. The molecule has 1 atom stereocenters. The molecule has 1 fully saturated rings. The van der Waals surface area contributed by atoms with E-state index in [1.807, 2.05) is 13.1 Å². The summed E-state index contributed by atoms with van der Waals surface area (Å²) in [7, 11) is 2.01. The van der Waals surface area contributed by atoms with Crippen molar-refractivity contribution in [2.24, 2.45) is 0 Å². The van der Waals surface area contributed by atoms with E-state index in [1.165, 1.54) is 6.07 Å². The molecule has 0 unspecified atom stereocenters. The van der Waals surface area contributed by atoms with E-state index >= 15 is 0 Å². The number of hydrogen-bond acceptors (Lipinski definition) is 6. The van der Waals surface area contributed by atoms with Gasteiger partial charge in [-0.15, -0.1) is 0 Å². The van der Waals surface area contributed by atoms with E-state index in [0.29, 0.717) is 24.8 Å². The predicted octanol–water partition coefficient (Wildman–Crippen LogP) is 2.53. The maximum Gasteiger partial charge on any atom is 0.245 e. The third-order valence-electron chi connectivity index (χ3n) is 4.24. The number of rotatable bonds is 3. The molecule has 0 amide bonds. The molecule has 0 aliphatic carbocycles. The molecule has 1 aliphatic heterocycles. The van der Waals surface area contributed by atoms with Crippen molar-refractivity contribution >= 4 is 11.6 Å². The molecule has 6 nitrogen and oxygen atoms in total. The van der Waals surface area contributed by atoms with Gasteiger partial charge in [-0.1, -0.05) is 22.8 Å². The molecule has 1 saturated heterocycles. The first-order valence-corrected chi connectivity index (χ1v) is 7.97. The topological polar surface area (TPSA) is 69.2 Å². The van der Waals surface area contributed by atoms with Crippen molar-refractivity contribution in [3.05, 3.63) is 45.8 Å². The lowest BCUT2D eigenvalue weighted by Crippen LogP contribution is -2.46. The summed E-state index contributed by atoms with van der Waals surface area (Å²) in [4.78, 5) is 8.67. The molecule has 8 heteroatoms. The molecule has 0 spiro atoms. The van der Waals surface area contributed by atoms with Gasteiger partial charge >= 0.3 is 0 Å². The van der Waals surface area contributed by atoms with Crippen LogP contribution in [-0.2, 0) is 6.54 Å². The van der Waals surface area contributed by atoms with Crippen molar-refractivity contribution in [2.45, 2.75) is 19.5 Å². The van der Waals surface area contributed by atoms with Gasteiger partial charge in [0, 0.05) is 26.2 Å². The Morgan fingerprint density at radius 2 is 2.25 bits per heavy atom. The van der Waals surface area contributed by atoms with Gasteiger partial charge in [0.15, 0.2) is 5.82 Å². The van der Waals surface area contributed by atoms with Crippen LogP contribution in [0.25, 0.3) is 0 Å². The van der Waals surface area contributed by atoms with Crippen LogP contribution in [0.1, 0.15) is 28.9 Å². The number of aromatic nitrogens is 2. The Morgan fingerprint density at radius 3 is 2.92 bits per heavy atom. The van der Waals surface area contributed by atoms with Crippen LogP contribution in [0.4, 0.5) is 4.39 Å². The molecule has 3 rings (SSSR count). The smallest absolute Gasteiger partial charge is 0.245 e. The molecule has 24 heavy (non-hydrogen) atoms. The monoisotopic (exact) mass is 349 g/mol. The highest BCUT2D eigenvalue weighted by molar-refractivity contribution is 6.32. The summed E-state index contributed by atoms with van der Waals surface area (Å²) in [5.41, 5.74) is 0.631. The molecule has 1 aromatic carbocycles. The van der Waals surface area contributed by atoms with E-state index in [-0.39, 0.29) is 16.6 Å². The van der Waals surface area contributed by atoms with Gasteiger partial charge in [0.25, 0.3) is 0 Å². The van der Waals surface area contributed by atoms with E-state index in [2.05, 4.69) is 19.9 Å². The molecule has 0 bridgehead atoms. The van der Waals surface area contributed by atoms with E-state index < -0.39 is 5.82 Å². The zero-order chi connectivity index (χ0) is 17.3. The first-order chi connectivity index (χ1) is 11.5. The number of piperazine rings is 1. The molecule has 0 N–H and O–H groups in total. The fraction of sp³-hybridized carbons (Fsp3) is 0.438. The van der Waals surface area contributed by atoms with Crippen LogP contribution in [0.5, 0.6) is 0 Å². The maximum absolute atomic E-state index is 13.6. The first kappa shape index (κ1) is 16.8. The summed E-state index contributed by atoms with van der Waals surface area (Å²) in [5.74, 6) is 0.599.